The predicted octanol–water partition coefficient (Wildman–Crippen LogP) is 3.56. The molecule has 0 aromatic heterocycles. The van der Waals surface area contributed by atoms with Gasteiger partial charge in [0.2, 0.25) is 0 Å². The third kappa shape index (κ3) is 1.99. The Kier molecular flexibility index (Phi) is 2.94. The third-order valence-electron chi connectivity index (χ3n) is 2.76. The molecule has 0 saturated heterocycles. The van der Waals surface area contributed by atoms with E-state index in [-0.39, 0.29) is 0 Å². The van der Waals surface area contributed by atoms with Crippen molar-refractivity contribution in [2.24, 2.45) is 5.73 Å². The van der Waals surface area contributed by atoms with Crippen molar-refractivity contribution in [2.75, 3.05) is 6.54 Å². The summed E-state index contributed by atoms with van der Waals surface area (Å²) in [5.74, 6) is 0.368. The van der Waals surface area contributed by atoms with Crippen molar-refractivity contribution in [1.29, 1.82) is 0 Å². The maximum atomic E-state index is 6.01. The Labute approximate surface area is 94.9 Å². The Morgan fingerprint density at radius 2 is 2.07 bits per heavy atom. The molecule has 1 unspecified atom stereocenters. The molecule has 0 fully saturated rings. The Morgan fingerprint density at radius 3 is 2.80 bits per heavy atom. The maximum Gasteiger partial charge on any atom is 0.0412 e. The van der Waals surface area contributed by atoms with Crippen molar-refractivity contribution in [2.45, 2.75) is 12.8 Å². The molecule has 78 valence electrons. The van der Waals surface area contributed by atoms with Crippen LogP contribution in [-0.4, -0.2) is 6.54 Å². The zero-order valence-corrected chi connectivity index (χ0v) is 9.46. The van der Waals surface area contributed by atoms with Gasteiger partial charge in [-0.3, -0.25) is 0 Å². The Hall–Kier alpha value is -1.05. The zero-order valence-electron chi connectivity index (χ0n) is 8.70. The van der Waals surface area contributed by atoms with E-state index in [1.54, 1.807) is 0 Å². The van der Waals surface area contributed by atoms with Crippen molar-refractivity contribution in [1.82, 2.24) is 0 Å². The van der Waals surface area contributed by atoms with Gasteiger partial charge >= 0.3 is 0 Å². The van der Waals surface area contributed by atoms with Crippen molar-refractivity contribution < 1.29 is 0 Å². The molecule has 2 N–H and O–H groups in total. The van der Waals surface area contributed by atoms with Crippen LogP contribution in [0.15, 0.2) is 36.4 Å². The molecule has 2 aromatic carbocycles. The van der Waals surface area contributed by atoms with Crippen LogP contribution >= 0.6 is 11.6 Å². The van der Waals surface area contributed by atoms with Gasteiger partial charge in [0.1, 0.15) is 0 Å². The molecule has 0 aliphatic heterocycles. The normalized spacial score (nSPS) is 13.0. The van der Waals surface area contributed by atoms with Crippen LogP contribution in [0.4, 0.5) is 0 Å². The molecule has 0 heterocycles. The Balaban J connectivity index is 2.68. The molecule has 1 nitrogen and oxygen atoms in total. The molecule has 2 heteroatoms. The highest BCUT2D eigenvalue weighted by Gasteiger charge is 2.07. The lowest BCUT2D eigenvalue weighted by atomic mass is 9.95. The topological polar surface area (TPSA) is 26.0 Å². The van der Waals surface area contributed by atoms with E-state index in [9.17, 15) is 0 Å². The summed E-state index contributed by atoms with van der Waals surface area (Å²) in [6.45, 7) is 2.79. The number of nitrogens with two attached hydrogens (primary N) is 1. The van der Waals surface area contributed by atoms with Crippen molar-refractivity contribution in [3.63, 3.8) is 0 Å². The maximum absolute atomic E-state index is 6.01. The molecule has 15 heavy (non-hydrogen) atoms. The van der Waals surface area contributed by atoms with E-state index in [0.29, 0.717) is 12.5 Å². The van der Waals surface area contributed by atoms with Gasteiger partial charge in [0.25, 0.3) is 0 Å². The predicted molar refractivity (Wildman–Crippen MR) is 66.4 cm³/mol. The molecular formula is C13H14ClN. The van der Waals surface area contributed by atoms with E-state index in [1.165, 1.54) is 16.3 Å². The van der Waals surface area contributed by atoms with Crippen LogP contribution < -0.4 is 5.73 Å². The molecule has 2 rings (SSSR count). The first-order valence-corrected chi connectivity index (χ1v) is 5.48. The van der Waals surface area contributed by atoms with Crippen molar-refractivity contribution in [3.8, 4) is 0 Å². The SMILES string of the molecule is CC(CN)c1cccc2ccc(Cl)cc12. The summed E-state index contributed by atoms with van der Waals surface area (Å²) in [5.41, 5.74) is 6.98. The second kappa shape index (κ2) is 4.21. The van der Waals surface area contributed by atoms with E-state index in [1.807, 2.05) is 18.2 Å². The summed E-state index contributed by atoms with van der Waals surface area (Å²) >= 11 is 6.01. The second-order valence-electron chi connectivity index (χ2n) is 3.85. The van der Waals surface area contributed by atoms with Gasteiger partial charge in [-0.05, 0) is 40.9 Å². The van der Waals surface area contributed by atoms with Crippen LogP contribution in [0.5, 0.6) is 0 Å². The van der Waals surface area contributed by atoms with Crippen LogP contribution in [0.25, 0.3) is 10.8 Å². The van der Waals surface area contributed by atoms with Gasteiger partial charge in [0, 0.05) is 5.02 Å². The molecule has 0 saturated carbocycles. The fourth-order valence-corrected chi connectivity index (χ4v) is 2.00. The molecular weight excluding hydrogens is 206 g/mol. The average molecular weight is 220 g/mol. The number of halogens is 1. The lowest BCUT2D eigenvalue weighted by molar-refractivity contribution is 0.781. The second-order valence-corrected chi connectivity index (χ2v) is 4.29. The first kappa shape index (κ1) is 10.5. The summed E-state index contributed by atoms with van der Waals surface area (Å²) in [6, 6.07) is 12.3. The fraction of sp³-hybridized carbons (Fsp3) is 0.231. The minimum absolute atomic E-state index is 0.368. The smallest absolute Gasteiger partial charge is 0.0412 e. The van der Waals surface area contributed by atoms with E-state index < -0.39 is 0 Å². The quantitative estimate of drug-likeness (QED) is 0.821. The summed E-state index contributed by atoms with van der Waals surface area (Å²) in [6.07, 6.45) is 0. The molecule has 2 aromatic rings. The third-order valence-corrected chi connectivity index (χ3v) is 3.00. The lowest BCUT2D eigenvalue weighted by Gasteiger charge is -2.12. The monoisotopic (exact) mass is 219 g/mol. The highest BCUT2D eigenvalue weighted by Crippen LogP contribution is 2.27. The lowest BCUT2D eigenvalue weighted by Crippen LogP contribution is -2.09. The van der Waals surface area contributed by atoms with Crippen molar-refractivity contribution in [3.05, 3.63) is 47.0 Å². The number of hydrogen-bond donors (Lipinski definition) is 1. The number of rotatable bonds is 2. The zero-order chi connectivity index (χ0) is 10.8. The van der Waals surface area contributed by atoms with Crippen molar-refractivity contribution >= 4 is 22.4 Å². The van der Waals surface area contributed by atoms with E-state index in [0.717, 1.165) is 5.02 Å². The van der Waals surface area contributed by atoms with Gasteiger partial charge in [-0.15, -0.1) is 0 Å². The molecule has 0 aliphatic carbocycles. The van der Waals surface area contributed by atoms with E-state index >= 15 is 0 Å². The van der Waals surface area contributed by atoms with Gasteiger partial charge < -0.3 is 5.73 Å². The molecule has 0 radical (unpaired) electrons. The highest BCUT2D eigenvalue weighted by molar-refractivity contribution is 6.31. The van der Waals surface area contributed by atoms with Crippen LogP contribution in [0.1, 0.15) is 18.4 Å². The standard InChI is InChI=1S/C13H14ClN/c1-9(8-15)12-4-2-3-10-5-6-11(14)7-13(10)12/h2-7,9H,8,15H2,1H3. The molecule has 0 amide bonds. The summed E-state index contributed by atoms with van der Waals surface area (Å²) < 4.78 is 0. The van der Waals surface area contributed by atoms with Crippen LogP contribution in [-0.2, 0) is 0 Å². The molecule has 0 bridgehead atoms. The van der Waals surface area contributed by atoms with Gasteiger partial charge in [0.15, 0.2) is 0 Å². The largest absolute Gasteiger partial charge is 0.330 e. The van der Waals surface area contributed by atoms with E-state index in [2.05, 4.69) is 25.1 Å². The molecule has 1 atom stereocenters. The van der Waals surface area contributed by atoms with Crippen LogP contribution in [0, 0.1) is 0 Å². The summed E-state index contributed by atoms with van der Waals surface area (Å²) in [4.78, 5) is 0. The molecule has 0 aliphatic rings. The van der Waals surface area contributed by atoms with Crippen LogP contribution in [0.3, 0.4) is 0 Å². The fourth-order valence-electron chi connectivity index (χ4n) is 1.83. The van der Waals surface area contributed by atoms with E-state index in [4.69, 9.17) is 17.3 Å². The molecule has 0 spiro atoms. The van der Waals surface area contributed by atoms with Gasteiger partial charge in [-0.1, -0.05) is 42.8 Å². The summed E-state index contributed by atoms with van der Waals surface area (Å²) in [7, 11) is 0. The van der Waals surface area contributed by atoms with Gasteiger partial charge in [-0.2, -0.15) is 0 Å². The van der Waals surface area contributed by atoms with Gasteiger partial charge in [-0.25, -0.2) is 0 Å². The first-order chi connectivity index (χ1) is 7.22. The minimum Gasteiger partial charge on any atom is -0.330 e. The number of benzene rings is 2. The Morgan fingerprint density at radius 1 is 1.27 bits per heavy atom. The first-order valence-electron chi connectivity index (χ1n) is 5.10. The van der Waals surface area contributed by atoms with Gasteiger partial charge in [0.05, 0.1) is 0 Å². The highest BCUT2D eigenvalue weighted by atomic mass is 35.5. The average Bonchev–Trinajstić information content (AvgIpc) is 2.27. The summed E-state index contributed by atoms with van der Waals surface area (Å²) in [5, 5.41) is 3.21. The number of hydrogen-bond acceptors (Lipinski definition) is 1. The number of fused-ring (bicyclic) bond motifs is 1. The van der Waals surface area contributed by atoms with Crippen LogP contribution in [0.2, 0.25) is 5.02 Å². The Bertz CT molecular complexity index is 479. The minimum atomic E-state index is 0.368.